The van der Waals surface area contributed by atoms with Crippen molar-refractivity contribution in [3.05, 3.63) is 40.7 Å². The lowest BCUT2D eigenvalue weighted by Crippen LogP contribution is -2.28. The standard InChI is InChI=1S/C16H21N5O2/c1-5-20(9-11-6-7-23-10-11)15-18-13-12(14(22)19-15)8-17-21(13)16(2,3)4/h6-8,10H,5,9H2,1-4H3,(H,18,19,22). The number of nitrogens with one attached hydrogen (secondary N) is 1. The van der Waals surface area contributed by atoms with Crippen LogP contribution in [0.4, 0.5) is 5.95 Å². The highest BCUT2D eigenvalue weighted by molar-refractivity contribution is 5.74. The maximum Gasteiger partial charge on any atom is 0.263 e. The topological polar surface area (TPSA) is 79.9 Å². The van der Waals surface area contributed by atoms with E-state index in [0.717, 1.165) is 5.56 Å². The molecule has 3 rings (SSSR count). The first-order valence-corrected chi connectivity index (χ1v) is 7.64. The first kappa shape index (κ1) is 15.3. The average molecular weight is 315 g/mol. The smallest absolute Gasteiger partial charge is 0.263 e. The molecule has 1 N–H and O–H groups in total. The minimum atomic E-state index is -0.249. The van der Waals surface area contributed by atoms with Gasteiger partial charge >= 0.3 is 0 Å². The second kappa shape index (κ2) is 5.57. The number of anilines is 1. The van der Waals surface area contributed by atoms with Crippen LogP contribution >= 0.6 is 0 Å². The highest BCUT2D eigenvalue weighted by atomic mass is 16.3. The zero-order valence-corrected chi connectivity index (χ0v) is 13.8. The number of fused-ring (bicyclic) bond motifs is 1. The van der Waals surface area contributed by atoms with Gasteiger partial charge in [-0.2, -0.15) is 10.1 Å². The van der Waals surface area contributed by atoms with Crippen LogP contribution in [-0.4, -0.2) is 26.3 Å². The quantitative estimate of drug-likeness (QED) is 0.800. The van der Waals surface area contributed by atoms with Gasteiger partial charge in [-0.25, -0.2) is 4.68 Å². The maximum atomic E-state index is 12.4. The molecule has 0 aliphatic carbocycles. The lowest BCUT2D eigenvalue weighted by molar-refractivity contribution is 0.366. The molecule has 7 heteroatoms. The van der Waals surface area contributed by atoms with Crippen molar-refractivity contribution < 1.29 is 4.42 Å². The van der Waals surface area contributed by atoms with Gasteiger partial charge in [-0.15, -0.1) is 0 Å². The molecule has 0 atom stereocenters. The molecule has 0 aromatic carbocycles. The molecule has 0 spiro atoms. The highest BCUT2D eigenvalue weighted by Crippen LogP contribution is 2.20. The molecule has 0 aliphatic heterocycles. The summed E-state index contributed by atoms with van der Waals surface area (Å²) in [6.07, 6.45) is 4.90. The monoisotopic (exact) mass is 315 g/mol. The lowest BCUT2D eigenvalue weighted by Gasteiger charge is -2.22. The molecule has 3 aromatic rings. The fraction of sp³-hybridized carbons (Fsp3) is 0.438. The van der Waals surface area contributed by atoms with E-state index in [9.17, 15) is 4.79 Å². The summed E-state index contributed by atoms with van der Waals surface area (Å²) in [5.41, 5.74) is 1.20. The Bertz CT molecular complexity index is 855. The molecule has 122 valence electrons. The third-order valence-corrected chi connectivity index (χ3v) is 3.70. The SMILES string of the molecule is CCN(Cc1ccoc1)c1nc2c(cnn2C(C)(C)C)c(=O)[nH]1. The Morgan fingerprint density at radius 2 is 2.17 bits per heavy atom. The minimum Gasteiger partial charge on any atom is -0.472 e. The van der Waals surface area contributed by atoms with Crippen LogP contribution in [0.5, 0.6) is 0 Å². The van der Waals surface area contributed by atoms with Crippen molar-refractivity contribution >= 4 is 17.0 Å². The predicted octanol–water partition coefficient (Wildman–Crippen LogP) is 2.49. The van der Waals surface area contributed by atoms with Crippen LogP contribution in [0.25, 0.3) is 11.0 Å². The zero-order chi connectivity index (χ0) is 16.6. The lowest BCUT2D eigenvalue weighted by atomic mass is 10.1. The molecule has 0 bridgehead atoms. The van der Waals surface area contributed by atoms with Crippen molar-refractivity contribution in [3.63, 3.8) is 0 Å². The van der Waals surface area contributed by atoms with Crippen LogP contribution in [0.2, 0.25) is 0 Å². The van der Waals surface area contributed by atoms with E-state index >= 15 is 0 Å². The largest absolute Gasteiger partial charge is 0.472 e. The normalized spacial score (nSPS) is 12.0. The maximum absolute atomic E-state index is 12.4. The van der Waals surface area contributed by atoms with E-state index in [1.54, 1.807) is 23.4 Å². The number of aromatic amines is 1. The summed E-state index contributed by atoms with van der Waals surface area (Å²) in [5, 5.41) is 4.83. The fourth-order valence-corrected chi connectivity index (χ4v) is 2.49. The second-order valence-corrected chi connectivity index (χ2v) is 6.50. The molecule has 0 aliphatic rings. The van der Waals surface area contributed by atoms with Gasteiger partial charge < -0.3 is 9.32 Å². The summed E-state index contributed by atoms with van der Waals surface area (Å²) in [4.78, 5) is 21.9. The van der Waals surface area contributed by atoms with Crippen LogP contribution in [-0.2, 0) is 12.1 Å². The molecule has 0 amide bonds. The first-order chi connectivity index (χ1) is 10.9. The average Bonchev–Trinajstić information content (AvgIpc) is 3.13. The van der Waals surface area contributed by atoms with E-state index in [-0.39, 0.29) is 11.1 Å². The fourth-order valence-electron chi connectivity index (χ4n) is 2.49. The van der Waals surface area contributed by atoms with E-state index in [0.29, 0.717) is 30.1 Å². The van der Waals surface area contributed by atoms with Gasteiger partial charge in [0.1, 0.15) is 5.39 Å². The molecule has 0 saturated carbocycles. The summed E-state index contributed by atoms with van der Waals surface area (Å²) in [6, 6.07) is 1.90. The number of hydrogen-bond donors (Lipinski definition) is 1. The van der Waals surface area contributed by atoms with Crippen LogP contribution in [0.3, 0.4) is 0 Å². The molecule has 0 saturated heterocycles. The van der Waals surface area contributed by atoms with Crippen LogP contribution in [0.1, 0.15) is 33.3 Å². The Hall–Kier alpha value is -2.57. The third kappa shape index (κ3) is 2.86. The van der Waals surface area contributed by atoms with Crippen LogP contribution < -0.4 is 10.5 Å². The Morgan fingerprint density at radius 3 is 2.78 bits per heavy atom. The van der Waals surface area contributed by atoms with Crippen molar-refractivity contribution in [2.75, 3.05) is 11.4 Å². The Morgan fingerprint density at radius 1 is 1.39 bits per heavy atom. The first-order valence-electron chi connectivity index (χ1n) is 7.64. The Balaban J connectivity index is 2.08. The van der Waals surface area contributed by atoms with E-state index in [4.69, 9.17) is 4.42 Å². The number of hydrogen-bond acceptors (Lipinski definition) is 5. The zero-order valence-electron chi connectivity index (χ0n) is 13.8. The van der Waals surface area contributed by atoms with Gasteiger partial charge in [0.15, 0.2) is 5.65 Å². The van der Waals surface area contributed by atoms with Crippen molar-refractivity contribution in [2.45, 2.75) is 39.8 Å². The number of furan rings is 1. The molecule has 7 nitrogen and oxygen atoms in total. The predicted molar refractivity (Wildman–Crippen MR) is 88.6 cm³/mol. The molecular formula is C16H21N5O2. The molecule has 0 fully saturated rings. The summed E-state index contributed by atoms with van der Waals surface area (Å²) < 4.78 is 6.89. The van der Waals surface area contributed by atoms with Gasteiger partial charge in [0.25, 0.3) is 5.56 Å². The Kier molecular flexibility index (Phi) is 3.71. The van der Waals surface area contributed by atoms with Crippen LogP contribution in [0.15, 0.2) is 34.0 Å². The van der Waals surface area contributed by atoms with E-state index in [1.807, 2.05) is 38.7 Å². The number of rotatable bonds is 4. The molecule has 0 radical (unpaired) electrons. The molecule has 0 unspecified atom stereocenters. The van der Waals surface area contributed by atoms with E-state index in [2.05, 4.69) is 15.1 Å². The Labute approximate surface area is 133 Å². The summed E-state index contributed by atoms with van der Waals surface area (Å²) in [6.45, 7) is 9.45. The van der Waals surface area contributed by atoms with Gasteiger partial charge in [0.05, 0.1) is 24.3 Å². The molecule has 3 aromatic heterocycles. The molecule has 3 heterocycles. The summed E-state index contributed by atoms with van der Waals surface area (Å²) in [5.74, 6) is 0.539. The van der Waals surface area contributed by atoms with Crippen molar-refractivity contribution in [2.24, 2.45) is 0 Å². The van der Waals surface area contributed by atoms with Crippen LogP contribution in [0, 0.1) is 0 Å². The van der Waals surface area contributed by atoms with Gasteiger partial charge in [-0.1, -0.05) is 0 Å². The van der Waals surface area contributed by atoms with Gasteiger partial charge in [-0.05, 0) is 33.8 Å². The van der Waals surface area contributed by atoms with Crippen molar-refractivity contribution in [3.8, 4) is 0 Å². The molecule has 23 heavy (non-hydrogen) atoms. The van der Waals surface area contributed by atoms with E-state index in [1.165, 1.54) is 0 Å². The van der Waals surface area contributed by atoms with Gasteiger partial charge in [-0.3, -0.25) is 9.78 Å². The molecular weight excluding hydrogens is 294 g/mol. The summed E-state index contributed by atoms with van der Waals surface area (Å²) >= 11 is 0. The summed E-state index contributed by atoms with van der Waals surface area (Å²) in [7, 11) is 0. The van der Waals surface area contributed by atoms with Crippen molar-refractivity contribution in [1.82, 2.24) is 19.7 Å². The van der Waals surface area contributed by atoms with E-state index < -0.39 is 0 Å². The second-order valence-electron chi connectivity index (χ2n) is 6.50. The third-order valence-electron chi connectivity index (χ3n) is 3.70. The number of aromatic nitrogens is 4. The number of nitrogens with zero attached hydrogens (tertiary/aromatic N) is 4. The van der Waals surface area contributed by atoms with Crippen molar-refractivity contribution in [1.29, 1.82) is 0 Å². The number of H-pyrrole nitrogens is 1. The van der Waals surface area contributed by atoms with Gasteiger partial charge in [0, 0.05) is 18.7 Å². The van der Waals surface area contributed by atoms with Gasteiger partial charge in [0.2, 0.25) is 5.95 Å². The highest BCUT2D eigenvalue weighted by Gasteiger charge is 2.21. The minimum absolute atomic E-state index is 0.175.